The lowest BCUT2D eigenvalue weighted by Crippen LogP contribution is -2.28. The number of rotatable bonds is 4. The van der Waals surface area contributed by atoms with Gasteiger partial charge >= 0.3 is 6.09 Å². The third-order valence-corrected chi connectivity index (χ3v) is 7.75. The zero-order valence-corrected chi connectivity index (χ0v) is 17.5. The molecular formula is C21H18F2N6O2S. The number of amides is 1. The number of hydrogen-bond acceptors (Lipinski definition) is 7. The lowest BCUT2D eigenvalue weighted by atomic mass is 10.0. The van der Waals surface area contributed by atoms with Gasteiger partial charge in [-0.3, -0.25) is 9.88 Å². The van der Waals surface area contributed by atoms with Crippen LogP contribution in [-0.2, 0) is 10.3 Å². The smallest absolute Gasteiger partial charge is 0.416 e. The standard InChI is InChI=1S/C21H18F2N6O2S/c22-15-5-12(28-8-18(31-20(28)30)29-4-3-26-27-29)6-16(23)19(15)11-1-2-17(25-7-11)21(24)13-9-32-10-14(13)21/h1-7,13-14,18H,8-10,24H2/t13-,14+,18?,21-. The van der Waals surface area contributed by atoms with Crippen molar-refractivity contribution in [2.75, 3.05) is 23.0 Å². The first-order chi connectivity index (χ1) is 15.5. The van der Waals surface area contributed by atoms with Crippen LogP contribution in [0.25, 0.3) is 11.1 Å². The van der Waals surface area contributed by atoms with Crippen LogP contribution >= 0.6 is 11.8 Å². The van der Waals surface area contributed by atoms with Gasteiger partial charge in [-0.05, 0) is 41.5 Å². The second-order valence-electron chi connectivity index (χ2n) is 8.23. The largest absolute Gasteiger partial charge is 0.421 e. The summed E-state index contributed by atoms with van der Waals surface area (Å²) in [6.45, 7) is 0.0515. The van der Waals surface area contributed by atoms with E-state index in [-0.39, 0.29) is 17.8 Å². The molecule has 1 aliphatic carbocycles. The Morgan fingerprint density at radius 2 is 1.94 bits per heavy atom. The minimum atomic E-state index is -0.797. The molecule has 1 amide bonds. The van der Waals surface area contributed by atoms with Crippen LogP contribution in [0.5, 0.6) is 0 Å². The molecule has 3 fully saturated rings. The summed E-state index contributed by atoms with van der Waals surface area (Å²) < 4.78 is 36.6. The Morgan fingerprint density at radius 3 is 2.56 bits per heavy atom. The number of carbonyl (C=O) groups is 1. The molecule has 32 heavy (non-hydrogen) atoms. The highest BCUT2D eigenvalue weighted by molar-refractivity contribution is 7.99. The number of halogens is 2. The molecule has 1 saturated carbocycles. The van der Waals surface area contributed by atoms with Crippen molar-refractivity contribution in [2.24, 2.45) is 17.6 Å². The van der Waals surface area contributed by atoms with E-state index in [1.54, 1.807) is 18.3 Å². The molecule has 164 valence electrons. The van der Waals surface area contributed by atoms with E-state index >= 15 is 0 Å². The summed E-state index contributed by atoms with van der Waals surface area (Å²) in [5, 5.41) is 7.47. The summed E-state index contributed by atoms with van der Waals surface area (Å²) in [5.74, 6) is 1.28. The number of cyclic esters (lactones) is 1. The Balaban J connectivity index is 1.26. The topological polar surface area (TPSA) is 99.2 Å². The van der Waals surface area contributed by atoms with E-state index in [0.29, 0.717) is 17.4 Å². The number of hydrogen-bond donors (Lipinski definition) is 1. The number of nitrogens with zero attached hydrogens (tertiary/aromatic N) is 5. The van der Waals surface area contributed by atoms with Gasteiger partial charge in [0, 0.05) is 18.0 Å². The Bertz CT molecular complexity index is 1170. The van der Waals surface area contributed by atoms with Crippen LogP contribution in [0.15, 0.2) is 42.9 Å². The van der Waals surface area contributed by atoms with E-state index in [1.807, 2.05) is 11.8 Å². The fourth-order valence-electron chi connectivity index (χ4n) is 4.73. The van der Waals surface area contributed by atoms with Crippen molar-refractivity contribution in [3.8, 4) is 11.1 Å². The average molecular weight is 456 g/mol. The van der Waals surface area contributed by atoms with Crippen LogP contribution in [0.1, 0.15) is 11.9 Å². The van der Waals surface area contributed by atoms with Crippen molar-refractivity contribution < 1.29 is 18.3 Å². The van der Waals surface area contributed by atoms with Crippen molar-refractivity contribution in [3.05, 3.63) is 60.2 Å². The molecule has 1 aromatic carbocycles. The molecule has 1 unspecified atom stereocenters. The number of carbonyl (C=O) groups excluding carboxylic acids is 1. The maximum absolute atomic E-state index is 15.0. The number of aromatic nitrogens is 4. The van der Waals surface area contributed by atoms with Crippen molar-refractivity contribution >= 4 is 23.5 Å². The van der Waals surface area contributed by atoms with E-state index in [4.69, 9.17) is 10.5 Å². The van der Waals surface area contributed by atoms with E-state index in [9.17, 15) is 13.6 Å². The highest BCUT2D eigenvalue weighted by Gasteiger charge is 2.66. The van der Waals surface area contributed by atoms with Gasteiger partial charge in [-0.25, -0.2) is 18.3 Å². The normalized spacial score (nSPS) is 28.7. The quantitative estimate of drug-likeness (QED) is 0.644. The van der Waals surface area contributed by atoms with Gasteiger partial charge in [0.1, 0.15) is 11.6 Å². The van der Waals surface area contributed by atoms with Gasteiger partial charge in [0.25, 0.3) is 0 Å². The van der Waals surface area contributed by atoms with Crippen LogP contribution in [0.4, 0.5) is 19.3 Å². The van der Waals surface area contributed by atoms with Crippen LogP contribution in [0.3, 0.4) is 0 Å². The molecule has 2 aliphatic heterocycles. The SMILES string of the molecule is N[C@]1(c2ccc(-c3c(F)cc(N4CC(n5ccnn5)OC4=O)cc3F)cn2)[C@@H]2CSC[C@@H]21. The highest BCUT2D eigenvalue weighted by atomic mass is 32.2. The molecule has 11 heteroatoms. The van der Waals surface area contributed by atoms with Gasteiger partial charge in [-0.2, -0.15) is 11.8 Å². The summed E-state index contributed by atoms with van der Waals surface area (Å²) in [4.78, 5) is 17.8. The van der Waals surface area contributed by atoms with Crippen molar-refractivity contribution in [1.29, 1.82) is 0 Å². The third kappa shape index (κ3) is 2.84. The summed E-state index contributed by atoms with van der Waals surface area (Å²) in [6.07, 6.45) is 3.00. The number of pyridine rings is 1. The number of fused-ring (bicyclic) bond motifs is 1. The zero-order valence-electron chi connectivity index (χ0n) is 16.7. The number of nitrogens with two attached hydrogens (primary N) is 1. The first-order valence-corrected chi connectivity index (χ1v) is 11.3. The molecule has 6 rings (SSSR count). The van der Waals surface area contributed by atoms with Crippen molar-refractivity contribution in [1.82, 2.24) is 20.0 Å². The number of anilines is 1. The van der Waals surface area contributed by atoms with E-state index in [2.05, 4.69) is 15.3 Å². The number of benzene rings is 1. The molecule has 3 aromatic rings. The minimum absolute atomic E-state index is 0.0515. The fourth-order valence-corrected chi connectivity index (χ4v) is 6.39. The second-order valence-corrected chi connectivity index (χ2v) is 9.31. The molecule has 0 bridgehead atoms. The first kappa shape index (κ1) is 19.6. The summed E-state index contributed by atoms with van der Waals surface area (Å²) in [5.41, 5.74) is 7.03. The van der Waals surface area contributed by atoms with E-state index in [1.165, 1.54) is 17.1 Å². The van der Waals surface area contributed by atoms with Gasteiger partial charge in [-0.1, -0.05) is 11.3 Å². The lowest BCUT2D eigenvalue weighted by molar-refractivity contribution is 0.0922. The Labute approximate surface area is 185 Å². The molecule has 4 atom stereocenters. The summed E-state index contributed by atoms with van der Waals surface area (Å²) in [6, 6.07) is 5.63. The summed E-state index contributed by atoms with van der Waals surface area (Å²) >= 11 is 1.89. The fraction of sp³-hybridized carbons (Fsp3) is 0.333. The molecule has 0 radical (unpaired) electrons. The van der Waals surface area contributed by atoms with Crippen LogP contribution in [0.2, 0.25) is 0 Å². The first-order valence-electron chi connectivity index (χ1n) is 10.1. The predicted molar refractivity (Wildman–Crippen MR) is 113 cm³/mol. The zero-order chi connectivity index (χ0) is 22.0. The highest BCUT2D eigenvalue weighted by Crippen LogP contribution is 2.62. The second kappa shape index (κ2) is 6.97. The van der Waals surface area contributed by atoms with Crippen LogP contribution < -0.4 is 10.6 Å². The van der Waals surface area contributed by atoms with Gasteiger partial charge < -0.3 is 10.5 Å². The third-order valence-electron chi connectivity index (χ3n) is 6.56. The molecule has 4 heterocycles. The van der Waals surface area contributed by atoms with E-state index < -0.39 is 29.5 Å². The monoisotopic (exact) mass is 456 g/mol. The molecule has 2 aromatic heterocycles. The van der Waals surface area contributed by atoms with Crippen molar-refractivity contribution in [3.63, 3.8) is 0 Å². The maximum Gasteiger partial charge on any atom is 0.416 e. The molecule has 2 saturated heterocycles. The van der Waals surface area contributed by atoms with Crippen LogP contribution in [0, 0.1) is 23.5 Å². The maximum atomic E-state index is 15.0. The average Bonchev–Trinajstić information content (AvgIpc) is 3.36. The van der Waals surface area contributed by atoms with Gasteiger partial charge in [0.05, 0.1) is 35.2 Å². The number of ether oxygens (including phenoxy) is 1. The summed E-state index contributed by atoms with van der Waals surface area (Å²) in [7, 11) is 0. The molecule has 2 N–H and O–H groups in total. The molecule has 3 aliphatic rings. The molecular weight excluding hydrogens is 438 g/mol. The molecule has 0 spiro atoms. The van der Waals surface area contributed by atoms with Crippen molar-refractivity contribution in [2.45, 2.75) is 11.8 Å². The predicted octanol–water partition coefficient (Wildman–Crippen LogP) is 2.92. The van der Waals surface area contributed by atoms with Crippen LogP contribution in [-0.4, -0.2) is 44.1 Å². The van der Waals surface area contributed by atoms with Gasteiger partial charge in [0.15, 0.2) is 0 Å². The Hall–Kier alpha value is -3.05. The minimum Gasteiger partial charge on any atom is -0.421 e. The number of thioether (sulfide) groups is 1. The Morgan fingerprint density at radius 1 is 1.19 bits per heavy atom. The Kier molecular flexibility index (Phi) is 4.28. The molecule has 8 nitrogen and oxygen atoms in total. The van der Waals surface area contributed by atoms with E-state index in [0.717, 1.165) is 34.2 Å². The van der Waals surface area contributed by atoms with Gasteiger partial charge in [0.2, 0.25) is 6.23 Å². The van der Waals surface area contributed by atoms with Gasteiger partial charge in [-0.15, -0.1) is 5.10 Å². The lowest BCUT2D eigenvalue weighted by Gasteiger charge is -2.17.